The SMILES string of the molecule is C[C@@H](CNC(=O)[C@@H]1CCCN(C(=O)N2CCOc3ccccc32)C1)c1ccccc1. The molecule has 1 saturated heterocycles. The van der Waals surface area contributed by atoms with E-state index in [0.717, 1.165) is 24.3 Å². The number of carbonyl (C=O) groups excluding carboxylic acids is 2. The maximum Gasteiger partial charge on any atom is 0.324 e. The summed E-state index contributed by atoms with van der Waals surface area (Å²) in [5.41, 5.74) is 2.02. The maximum absolute atomic E-state index is 13.2. The van der Waals surface area contributed by atoms with Gasteiger partial charge in [0.15, 0.2) is 0 Å². The zero-order chi connectivity index (χ0) is 20.9. The summed E-state index contributed by atoms with van der Waals surface area (Å²) in [4.78, 5) is 29.6. The van der Waals surface area contributed by atoms with E-state index in [1.54, 1.807) is 4.90 Å². The van der Waals surface area contributed by atoms with Crippen LogP contribution in [-0.2, 0) is 4.79 Å². The molecule has 2 aliphatic heterocycles. The van der Waals surface area contributed by atoms with Crippen molar-refractivity contribution in [3.05, 3.63) is 60.2 Å². The number of urea groups is 1. The highest BCUT2D eigenvalue weighted by Crippen LogP contribution is 2.32. The summed E-state index contributed by atoms with van der Waals surface area (Å²) in [6.07, 6.45) is 1.65. The predicted octanol–water partition coefficient (Wildman–Crippen LogP) is 3.64. The minimum absolute atomic E-state index is 0.0395. The summed E-state index contributed by atoms with van der Waals surface area (Å²) >= 11 is 0. The van der Waals surface area contributed by atoms with E-state index in [1.807, 2.05) is 47.4 Å². The monoisotopic (exact) mass is 407 g/mol. The molecule has 1 N–H and O–H groups in total. The number of hydrogen-bond acceptors (Lipinski definition) is 3. The third kappa shape index (κ3) is 4.42. The first-order valence-corrected chi connectivity index (χ1v) is 10.7. The number of ether oxygens (including phenoxy) is 1. The van der Waals surface area contributed by atoms with Crippen molar-refractivity contribution in [3.63, 3.8) is 0 Å². The van der Waals surface area contributed by atoms with Crippen LogP contribution >= 0.6 is 0 Å². The van der Waals surface area contributed by atoms with Crippen LogP contribution in [0, 0.1) is 5.92 Å². The van der Waals surface area contributed by atoms with Gasteiger partial charge in [0.05, 0.1) is 18.2 Å². The molecule has 4 rings (SSSR count). The summed E-state index contributed by atoms with van der Waals surface area (Å²) in [7, 11) is 0. The summed E-state index contributed by atoms with van der Waals surface area (Å²) in [6, 6.07) is 17.8. The highest BCUT2D eigenvalue weighted by atomic mass is 16.5. The Hall–Kier alpha value is -3.02. The predicted molar refractivity (Wildman–Crippen MR) is 117 cm³/mol. The number of hydrogen-bond donors (Lipinski definition) is 1. The van der Waals surface area contributed by atoms with E-state index < -0.39 is 0 Å². The van der Waals surface area contributed by atoms with Crippen molar-refractivity contribution < 1.29 is 14.3 Å². The summed E-state index contributed by atoms with van der Waals surface area (Å²) in [5.74, 6) is 0.860. The van der Waals surface area contributed by atoms with E-state index in [9.17, 15) is 9.59 Å². The molecule has 3 amide bonds. The van der Waals surface area contributed by atoms with Gasteiger partial charge in [0.2, 0.25) is 5.91 Å². The Morgan fingerprint density at radius 2 is 1.87 bits per heavy atom. The molecule has 2 aromatic carbocycles. The normalized spacial score (nSPS) is 19.4. The van der Waals surface area contributed by atoms with Crippen molar-refractivity contribution in [2.45, 2.75) is 25.7 Å². The van der Waals surface area contributed by atoms with Crippen LogP contribution in [0.15, 0.2) is 54.6 Å². The summed E-state index contributed by atoms with van der Waals surface area (Å²) in [6.45, 7) is 4.87. The van der Waals surface area contributed by atoms with Crippen molar-refractivity contribution in [1.82, 2.24) is 10.2 Å². The number of benzene rings is 2. The number of nitrogens with one attached hydrogen (secondary N) is 1. The summed E-state index contributed by atoms with van der Waals surface area (Å²) in [5, 5.41) is 3.09. The molecule has 1 fully saturated rings. The molecule has 0 aliphatic carbocycles. The third-order valence-electron chi connectivity index (χ3n) is 5.97. The van der Waals surface area contributed by atoms with E-state index >= 15 is 0 Å². The fourth-order valence-corrected chi connectivity index (χ4v) is 4.20. The van der Waals surface area contributed by atoms with E-state index in [1.165, 1.54) is 5.56 Å². The van der Waals surface area contributed by atoms with Crippen molar-refractivity contribution in [1.29, 1.82) is 0 Å². The molecule has 2 aromatic rings. The van der Waals surface area contributed by atoms with Crippen LogP contribution in [0.1, 0.15) is 31.2 Å². The van der Waals surface area contributed by atoms with Crippen molar-refractivity contribution in [2.75, 3.05) is 37.7 Å². The lowest BCUT2D eigenvalue weighted by Crippen LogP contribution is -2.52. The van der Waals surface area contributed by atoms with Crippen LogP contribution in [0.25, 0.3) is 0 Å². The third-order valence-corrected chi connectivity index (χ3v) is 5.97. The summed E-state index contributed by atoms with van der Waals surface area (Å²) < 4.78 is 5.66. The zero-order valence-corrected chi connectivity index (χ0v) is 17.4. The van der Waals surface area contributed by atoms with Gasteiger partial charge in [-0.1, -0.05) is 49.4 Å². The molecule has 2 atom stereocenters. The molecule has 2 aliphatic rings. The minimum atomic E-state index is -0.165. The Morgan fingerprint density at radius 1 is 1.10 bits per heavy atom. The highest BCUT2D eigenvalue weighted by molar-refractivity contribution is 5.94. The Bertz CT molecular complexity index is 886. The van der Waals surface area contributed by atoms with E-state index in [0.29, 0.717) is 32.8 Å². The second-order valence-electron chi connectivity index (χ2n) is 8.09. The molecule has 0 saturated carbocycles. The Morgan fingerprint density at radius 3 is 2.70 bits per heavy atom. The van der Waals surface area contributed by atoms with Crippen LogP contribution in [0.5, 0.6) is 5.75 Å². The quantitative estimate of drug-likeness (QED) is 0.842. The van der Waals surface area contributed by atoms with Gasteiger partial charge in [0, 0.05) is 19.6 Å². The molecular weight excluding hydrogens is 378 g/mol. The number of rotatable bonds is 4. The maximum atomic E-state index is 13.2. The fraction of sp³-hybridized carbons (Fsp3) is 0.417. The lowest BCUT2D eigenvalue weighted by atomic mass is 9.96. The lowest BCUT2D eigenvalue weighted by Gasteiger charge is -2.37. The van der Waals surface area contributed by atoms with E-state index in [2.05, 4.69) is 24.4 Å². The molecule has 6 nitrogen and oxygen atoms in total. The number of amides is 3. The number of carbonyl (C=O) groups is 2. The number of likely N-dealkylation sites (tertiary alicyclic amines) is 1. The van der Waals surface area contributed by atoms with Crippen LogP contribution in [0.4, 0.5) is 10.5 Å². The largest absolute Gasteiger partial charge is 0.490 e. The Labute approximate surface area is 177 Å². The van der Waals surface area contributed by atoms with Crippen LogP contribution < -0.4 is 15.0 Å². The first-order valence-electron chi connectivity index (χ1n) is 10.7. The molecule has 0 spiro atoms. The van der Waals surface area contributed by atoms with Gasteiger partial charge in [0.25, 0.3) is 0 Å². The first-order chi connectivity index (χ1) is 14.6. The standard InChI is InChI=1S/C24H29N3O3/c1-18(19-8-3-2-4-9-19)16-25-23(28)20-10-7-13-26(17-20)24(29)27-14-15-30-22-12-6-5-11-21(22)27/h2-6,8-9,11-12,18,20H,7,10,13-17H2,1H3,(H,25,28)/t18-,20+/m0/s1. The highest BCUT2D eigenvalue weighted by Gasteiger charge is 2.33. The molecule has 30 heavy (non-hydrogen) atoms. The smallest absolute Gasteiger partial charge is 0.324 e. The molecule has 0 radical (unpaired) electrons. The van der Waals surface area contributed by atoms with Crippen LogP contribution in [0.3, 0.4) is 0 Å². The number of anilines is 1. The minimum Gasteiger partial charge on any atom is -0.490 e. The number of fused-ring (bicyclic) bond motifs is 1. The topological polar surface area (TPSA) is 61.9 Å². The van der Waals surface area contributed by atoms with Gasteiger partial charge in [-0.3, -0.25) is 9.69 Å². The molecule has 0 bridgehead atoms. The second kappa shape index (κ2) is 9.20. The van der Waals surface area contributed by atoms with E-state index in [4.69, 9.17) is 4.74 Å². The molecule has 6 heteroatoms. The first kappa shape index (κ1) is 20.3. The van der Waals surface area contributed by atoms with Gasteiger partial charge in [-0.15, -0.1) is 0 Å². The van der Waals surface area contributed by atoms with Gasteiger partial charge in [-0.25, -0.2) is 4.79 Å². The average molecular weight is 408 g/mol. The Kier molecular flexibility index (Phi) is 6.21. The average Bonchev–Trinajstić information content (AvgIpc) is 2.82. The lowest BCUT2D eigenvalue weighted by molar-refractivity contribution is -0.126. The van der Waals surface area contributed by atoms with Crippen molar-refractivity contribution in [3.8, 4) is 5.75 Å². The van der Waals surface area contributed by atoms with E-state index in [-0.39, 0.29) is 23.8 Å². The molecular formula is C24H29N3O3. The van der Waals surface area contributed by atoms with Gasteiger partial charge in [-0.2, -0.15) is 0 Å². The van der Waals surface area contributed by atoms with Gasteiger partial charge >= 0.3 is 6.03 Å². The molecule has 0 aromatic heterocycles. The fourth-order valence-electron chi connectivity index (χ4n) is 4.20. The van der Waals surface area contributed by atoms with Crippen LogP contribution in [-0.4, -0.2) is 49.6 Å². The molecule has 2 heterocycles. The van der Waals surface area contributed by atoms with Gasteiger partial charge < -0.3 is 15.0 Å². The van der Waals surface area contributed by atoms with Crippen molar-refractivity contribution in [2.24, 2.45) is 5.92 Å². The number of nitrogens with zero attached hydrogens (tertiary/aromatic N) is 2. The number of piperidine rings is 1. The number of para-hydroxylation sites is 2. The second-order valence-corrected chi connectivity index (χ2v) is 8.09. The molecule has 0 unspecified atom stereocenters. The Balaban J connectivity index is 1.35. The van der Waals surface area contributed by atoms with Crippen LogP contribution in [0.2, 0.25) is 0 Å². The van der Waals surface area contributed by atoms with Gasteiger partial charge in [0.1, 0.15) is 12.4 Å². The van der Waals surface area contributed by atoms with Crippen molar-refractivity contribution >= 4 is 17.6 Å². The van der Waals surface area contributed by atoms with Gasteiger partial charge in [-0.05, 0) is 36.5 Å². The zero-order valence-electron chi connectivity index (χ0n) is 17.4. The molecule has 158 valence electrons.